The van der Waals surface area contributed by atoms with Gasteiger partial charge >= 0.3 is 0 Å². The quantitative estimate of drug-likeness (QED) is 0.524. The molecule has 1 saturated heterocycles. The maximum Gasteiger partial charge on any atom is 0.211 e. The van der Waals surface area contributed by atoms with Gasteiger partial charge in [0.25, 0.3) is 0 Å². The molecule has 33 heavy (non-hydrogen) atoms. The van der Waals surface area contributed by atoms with E-state index in [1.165, 1.54) is 6.26 Å². The van der Waals surface area contributed by atoms with E-state index in [0.29, 0.717) is 31.2 Å². The molecule has 3 aliphatic rings. The van der Waals surface area contributed by atoms with Gasteiger partial charge in [-0.25, -0.2) is 17.7 Å². The van der Waals surface area contributed by atoms with Crippen LogP contribution < -0.4 is 10.6 Å². The Morgan fingerprint density at radius 2 is 2.12 bits per heavy atom. The van der Waals surface area contributed by atoms with Crippen molar-refractivity contribution in [3.8, 4) is 11.8 Å². The van der Waals surface area contributed by atoms with Crippen LogP contribution in [-0.4, -0.2) is 48.7 Å². The van der Waals surface area contributed by atoms with E-state index in [9.17, 15) is 13.5 Å². The monoisotopic (exact) mass is 530 g/mol. The highest BCUT2D eigenvalue weighted by atomic mass is 79.9. The van der Waals surface area contributed by atoms with Gasteiger partial charge in [-0.15, -0.1) is 0 Å². The third-order valence-electron chi connectivity index (χ3n) is 6.42. The number of allylic oxidation sites excluding steroid dienone is 1. The normalized spacial score (nSPS) is 23.2. The van der Waals surface area contributed by atoms with E-state index in [1.54, 1.807) is 10.5 Å². The molecule has 3 N–H and O–H groups in total. The van der Waals surface area contributed by atoms with Crippen molar-refractivity contribution in [3.63, 3.8) is 0 Å². The van der Waals surface area contributed by atoms with Crippen molar-refractivity contribution in [2.75, 3.05) is 31.2 Å². The molecule has 2 atom stereocenters. The number of nitrogens with one attached hydrogen (secondary N) is 2. The number of nitrogens with zero attached hydrogens (tertiary/aromatic N) is 2. The predicted octanol–water partition coefficient (Wildman–Crippen LogP) is 3.43. The van der Waals surface area contributed by atoms with Crippen LogP contribution in [0.1, 0.15) is 43.2 Å². The highest BCUT2D eigenvalue weighted by Gasteiger charge is 2.28. The molecule has 1 aromatic carbocycles. The van der Waals surface area contributed by atoms with Crippen molar-refractivity contribution in [2.24, 2.45) is 11.8 Å². The molecule has 2 aromatic rings. The smallest absolute Gasteiger partial charge is 0.211 e. The topological polar surface area (TPSA) is 94.6 Å². The Morgan fingerprint density at radius 1 is 1.30 bits per heavy atom. The molecule has 0 bridgehead atoms. The summed E-state index contributed by atoms with van der Waals surface area (Å²) in [6.07, 6.45) is 6.25. The number of aliphatic hydroxyl groups excluding tert-OH is 1. The third-order valence-corrected chi connectivity index (χ3v) is 8.18. The minimum atomic E-state index is -3.19. The first kappa shape index (κ1) is 22.7. The third kappa shape index (κ3) is 4.90. The summed E-state index contributed by atoms with van der Waals surface area (Å²) in [5, 5.41) is 19.1. The number of hydrogen-bond acceptors (Lipinski definition) is 6. The van der Waals surface area contributed by atoms with Crippen molar-refractivity contribution < 1.29 is 13.5 Å². The molecule has 0 amide bonds. The summed E-state index contributed by atoms with van der Waals surface area (Å²) < 4.78 is 26.5. The molecule has 2 fully saturated rings. The first-order chi connectivity index (χ1) is 15.8. The molecule has 0 radical (unpaired) electrons. The molecule has 3 heterocycles. The van der Waals surface area contributed by atoms with E-state index in [-0.39, 0.29) is 5.92 Å². The number of hydrogen-bond donors (Lipinski definition) is 3. The summed E-state index contributed by atoms with van der Waals surface area (Å²) >= 11 is 3.56. The van der Waals surface area contributed by atoms with Gasteiger partial charge in [0.05, 0.1) is 17.5 Å². The first-order valence-electron chi connectivity index (χ1n) is 11.3. The second kappa shape index (κ2) is 8.91. The molecule has 7 nitrogen and oxygen atoms in total. The Hall–Kier alpha value is -2.12. The van der Waals surface area contributed by atoms with Gasteiger partial charge in [-0.2, -0.15) is 0 Å². The predicted molar refractivity (Wildman–Crippen MR) is 134 cm³/mol. The van der Waals surface area contributed by atoms with E-state index in [4.69, 9.17) is 4.98 Å². The van der Waals surface area contributed by atoms with Gasteiger partial charge in [0.15, 0.2) is 6.23 Å². The van der Waals surface area contributed by atoms with Crippen molar-refractivity contribution in [1.29, 1.82) is 0 Å². The molecule has 1 unspecified atom stereocenters. The van der Waals surface area contributed by atoms with Gasteiger partial charge in [-0.3, -0.25) is 0 Å². The van der Waals surface area contributed by atoms with Gasteiger partial charge in [-0.1, -0.05) is 27.8 Å². The number of piperidine rings is 1. The average molecular weight is 531 g/mol. The van der Waals surface area contributed by atoms with Crippen LogP contribution in [0.4, 0.5) is 5.82 Å². The number of sulfonamides is 1. The van der Waals surface area contributed by atoms with E-state index in [2.05, 4.69) is 38.4 Å². The largest absolute Gasteiger partial charge is 0.369 e. The molecular weight excluding hydrogens is 504 g/mol. The van der Waals surface area contributed by atoms with Crippen molar-refractivity contribution in [1.82, 2.24) is 14.6 Å². The van der Waals surface area contributed by atoms with Crippen molar-refractivity contribution >= 4 is 48.1 Å². The Bertz CT molecular complexity index is 1290. The molecule has 1 aromatic heterocycles. The fraction of sp³-hybridized carbons (Fsp3) is 0.458. The van der Waals surface area contributed by atoms with Crippen LogP contribution in [0, 0.1) is 23.7 Å². The van der Waals surface area contributed by atoms with Crippen molar-refractivity contribution in [2.45, 2.75) is 31.9 Å². The molecular formula is C24H27BrN4O3S. The standard InChI is InChI=1S/C24H27BrN4O3S/c1-33(31,32)29-10-2-3-16(14-29)12-26-23-19-9-8-18(25)11-20(19)21-22(28-23)17(13-27-24(21)30)7-6-15-4-5-15/h8-9,11,13,15-16,24,27,30H,2-5,10,12,14H2,1H3,(H,26,28)/t16-,24?/m1/s1. The summed E-state index contributed by atoms with van der Waals surface area (Å²) in [6, 6.07) is 5.94. The molecule has 2 aliphatic heterocycles. The molecule has 1 saturated carbocycles. The summed E-state index contributed by atoms with van der Waals surface area (Å²) in [5.41, 5.74) is 2.18. The fourth-order valence-corrected chi connectivity index (χ4v) is 5.78. The lowest BCUT2D eigenvalue weighted by molar-refractivity contribution is 0.155. The number of fused-ring (bicyclic) bond motifs is 3. The van der Waals surface area contributed by atoms with Crippen LogP contribution >= 0.6 is 15.9 Å². The van der Waals surface area contributed by atoms with Gasteiger partial charge in [0.1, 0.15) is 5.82 Å². The number of aliphatic hydroxyl groups is 1. The number of anilines is 1. The zero-order valence-electron chi connectivity index (χ0n) is 18.4. The SMILES string of the molecule is CS(=O)(=O)N1CCC[C@H](CNc2nc3c(c4cc(Br)ccc24)C(O)NC=C3C#CC2CC2)C1. The number of rotatable bonds is 4. The minimum Gasteiger partial charge on any atom is -0.369 e. The second-order valence-corrected chi connectivity index (χ2v) is 12.0. The van der Waals surface area contributed by atoms with E-state index in [1.807, 2.05) is 18.2 Å². The zero-order valence-corrected chi connectivity index (χ0v) is 20.8. The Morgan fingerprint density at radius 3 is 2.88 bits per heavy atom. The Kier molecular flexibility index (Phi) is 6.12. The van der Waals surface area contributed by atoms with E-state index < -0.39 is 16.3 Å². The van der Waals surface area contributed by atoms with Crippen LogP contribution in [0.15, 0.2) is 28.9 Å². The Balaban J connectivity index is 1.50. The summed E-state index contributed by atoms with van der Waals surface area (Å²) in [4.78, 5) is 4.92. The van der Waals surface area contributed by atoms with Crippen LogP contribution in [0.3, 0.4) is 0 Å². The number of halogens is 1. The van der Waals surface area contributed by atoms with E-state index in [0.717, 1.165) is 57.9 Å². The van der Waals surface area contributed by atoms with Crippen LogP contribution in [0.5, 0.6) is 0 Å². The molecule has 0 spiro atoms. The summed E-state index contributed by atoms with van der Waals surface area (Å²) in [6.45, 7) is 1.72. The molecule has 9 heteroatoms. The molecule has 5 rings (SSSR count). The lowest BCUT2D eigenvalue weighted by Crippen LogP contribution is -2.41. The number of pyridine rings is 1. The number of benzene rings is 1. The van der Waals surface area contributed by atoms with Gasteiger partial charge in [0, 0.05) is 47.2 Å². The summed E-state index contributed by atoms with van der Waals surface area (Å²) in [7, 11) is -3.19. The van der Waals surface area contributed by atoms with Crippen LogP contribution in [0.25, 0.3) is 16.3 Å². The number of aromatic nitrogens is 1. The summed E-state index contributed by atoms with van der Waals surface area (Å²) in [5.74, 6) is 7.93. The highest BCUT2D eigenvalue weighted by Crippen LogP contribution is 2.37. The maximum absolute atomic E-state index is 12.0. The minimum absolute atomic E-state index is 0.203. The first-order valence-corrected chi connectivity index (χ1v) is 13.9. The zero-order chi connectivity index (χ0) is 23.2. The second-order valence-electron chi connectivity index (χ2n) is 9.09. The van der Waals surface area contributed by atoms with Crippen molar-refractivity contribution in [3.05, 3.63) is 40.1 Å². The van der Waals surface area contributed by atoms with E-state index >= 15 is 0 Å². The molecule has 174 valence electrons. The lowest BCUT2D eigenvalue weighted by atomic mass is 9.95. The molecule has 1 aliphatic carbocycles. The highest BCUT2D eigenvalue weighted by molar-refractivity contribution is 9.10. The van der Waals surface area contributed by atoms with Gasteiger partial charge in [-0.05, 0) is 55.2 Å². The van der Waals surface area contributed by atoms with Crippen LogP contribution in [0.2, 0.25) is 0 Å². The maximum atomic E-state index is 12.0. The Labute approximate surface area is 202 Å². The van der Waals surface area contributed by atoms with Gasteiger partial charge < -0.3 is 15.7 Å². The fourth-order valence-electron chi connectivity index (χ4n) is 4.47. The van der Waals surface area contributed by atoms with Crippen LogP contribution in [-0.2, 0) is 10.0 Å². The lowest BCUT2D eigenvalue weighted by Gasteiger charge is -2.31. The average Bonchev–Trinajstić information content (AvgIpc) is 3.61. The van der Waals surface area contributed by atoms with Gasteiger partial charge in [0.2, 0.25) is 10.0 Å².